The predicted molar refractivity (Wildman–Crippen MR) is 64.9 cm³/mol. The summed E-state index contributed by atoms with van der Waals surface area (Å²) in [6, 6.07) is 9.47. The number of rotatable bonds is 2. The van der Waals surface area contributed by atoms with E-state index < -0.39 is 6.29 Å². The zero-order valence-corrected chi connectivity index (χ0v) is 9.93. The number of anilines is 2. The molecule has 1 aromatic carbocycles. The molecule has 2 aromatic rings. The van der Waals surface area contributed by atoms with Gasteiger partial charge in [-0.3, -0.25) is 0 Å². The molecule has 0 amide bonds. The first kappa shape index (κ1) is 12.2. The molecular formula is C13H7F2N3O2. The Morgan fingerprint density at radius 3 is 2.65 bits per heavy atom. The maximum absolute atomic E-state index is 12.9. The number of alkyl halides is 2. The third kappa shape index (κ3) is 2.31. The van der Waals surface area contributed by atoms with Crippen LogP contribution >= 0.6 is 0 Å². The number of benzene rings is 1. The van der Waals surface area contributed by atoms with Gasteiger partial charge in [0.1, 0.15) is 11.9 Å². The number of hydrogen-bond donors (Lipinski definition) is 1. The van der Waals surface area contributed by atoms with E-state index in [-0.39, 0.29) is 11.5 Å². The Balaban J connectivity index is 1.81. The van der Waals surface area contributed by atoms with Gasteiger partial charge in [0.05, 0.1) is 5.56 Å². The molecule has 0 saturated heterocycles. The second kappa shape index (κ2) is 4.35. The van der Waals surface area contributed by atoms with Gasteiger partial charge in [0.15, 0.2) is 11.5 Å². The van der Waals surface area contributed by atoms with Gasteiger partial charge >= 0.3 is 6.29 Å². The molecule has 2 heterocycles. The second-order valence-electron chi connectivity index (χ2n) is 4.00. The van der Waals surface area contributed by atoms with Gasteiger partial charge in [-0.25, -0.2) is 4.98 Å². The van der Waals surface area contributed by atoms with Gasteiger partial charge in [-0.05, 0) is 24.3 Å². The summed E-state index contributed by atoms with van der Waals surface area (Å²) in [7, 11) is 0. The van der Waals surface area contributed by atoms with Crippen LogP contribution in [0.4, 0.5) is 20.3 Å². The zero-order valence-electron chi connectivity index (χ0n) is 9.93. The van der Waals surface area contributed by atoms with Gasteiger partial charge in [0.2, 0.25) is 0 Å². The van der Waals surface area contributed by atoms with Gasteiger partial charge in [-0.1, -0.05) is 0 Å². The lowest BCUT2D eigenvalue weighted by atomic mass is 10.2. The van der Waals surface area contributed by atoms with E-state index in [9.17, 15) is 8.78 Å². The average molecular weight is 275 g/mol. The third-order valence-electron chi connectivity index (χ3n) is 2.57. The Hall–Kier alpha value is -2.88. The van der Waals surface area contributed by atoms with Crippen molar-refractivity contribution >= 4 is 11.5 Å². The van der Waals surface area contributed by atoms with E-state index in [2.05, 4.69) is 19.8 Å². The fourth-order valence-corrected chi connectivity index (χ4v) is 1.71. The number of nitrogens with zero attached hydrogens (tertiary/aromatic N) is 2. The lowest BCUT2D eigenvalue weighted by Gasteiger charge is -2.06. The normalized spacial score (nSPS) is 14.7. The molecule has 3 rings (SSSR count). The number of fused-ring (bicyclic) bond motifs is 1. The summed E-state index contributed by atoms with van der Waals surface area (Å²) in [6.45, 7) is 0. The van der Waals surface area contributed by atoms with E-state index >= 15 is 0 Å². The predicted octanol–water partition coefficient (Wildman–Crippen LogP) is 3.02. The minimum absolute atomic E-state index is 0.0201. The van der Waals surface area contributed by atoms with Crippen molar-refractivity contribution in [2.24, 2.45) is 0 Å². The fourth-order valence-electron chi connectivity index (χ4n) is 1.71. The molecule has 20 heavy (non-hydrogen) atoms. The maximum atomic E-state index is 12.9. The first-order valence-electron chi connectivity index (χ1n) is 5.59. The second-order valence-corrected chi connectivity index (χ2v) is 4.00. The van der Waals surface area contributed by atoms with Crippen LogP contribution in [0.15, 0.2) is 36.5 Å². The Labute approximate surface area is 112 Å². The van der Waals surface area contributed by atoms with Gasteiger partial charge in [0.25, 0.3) is 0 Å². The Morgan fingerprint density at radius 2 is 1.95 bits per heavy atom. The smallest absolute Gasteiger partial charge is 0.395 e. The molecule has 0 bridgehead atoms. The van der Waals surface area contributed by atoms with Crippen molar-refractivity contribution in [1.29, 1.82) is 5.26 Å². The standard InChI is InChI=1S/C13H7F2N3O2/c14-13(15)19-10-3-2-9(5-11(10)20-13)18-12-4-1-8(6-16)7-17-12/h1-5,7H,(H,17,18). The van der Waals surface area contributed by atoms with E-state index in [0.29, 0.717) is 17.1 Å². The largest absolute Gasteiger partial charge is 0.586 e. The van der Waals surface area contributed by atoms with Crippen LogP contribution in [0.25, 0.3) is 0 Å². The number of aromatic nitrogens is 1. The molecule has 0 unspecified atom stereocenters. The van der Waals surface area contributed by atoms with E-state index in [0.717, 1.165) is 0 Å². The maximum Gasteiger partial charge on any atom is 0.586 e. The zero-order chi connectivity index (χ0) is 14.2. The lowest BCUT2D eigenvalue weighted by molar-refractivity contribution is -0.286. The lowest BCUT2D eigenvalue weighted by Crippen LogP contribution is -2.25. The molecule has 1 aliphatic heterocycles. The summed E-state index contributed by atoms with van der Waals surface area (Å²) in [4.78, 5) is 4.01. The molecule has 0 atom stereocenters. The van der Waals surface area contributed by atoms with Crippen LogP contribution in [-0.2, 0) is 0 Å². The Kier molecular flexibility index (Phi) is 2.64. The molecule has 100 valence electrons. The highest BCUT2D eigenvalue weighted by molar-refractivity contribution is 5.62. The summed E-state index contributed by atoms with van der Waals surface area (Å²) < 4.78 is 34.4. The van der Waals surface area contributed by atoms with Gasteiger partial charge in [0, 0.05) is 18.0 Å². The van der Waals surface area contributed by atoms with Crippen LogP contribution < -0.4 is 14.8 Å². The van der Waals surface area contributed by atoms with Crippen LogP contribution in [0.5, 0.6) is 11.5 Å². The molecule has 0 radical (unpaired) electrons. The number of hydrogen-bond acceptors (Lipinski definition) is 5. The summed E-state index contributed by atoms with van der Waals surface area (Å²) >= 11 is 0. The minimum atomic E-state index is -3.63. The number of nitriles is 1. The van der Waals surface area contributed by atoms with E-state index in [1.807, 2.05) is 6.07 Å². The Morgan fingerprint density at radius 1 is 1.15 bits per heavy atom. The van der Waals surface area contributed by atoms with E-state index in [4.69, 9.17) is 5.26 Å². The SMILES string of the molecule is N#Cc1ccc(Nc2ccc3c(c2)OC(F)(F)O3)nc1. The molecule has 0 spiro atoms. The molecule has 1 N–H and O–H groups in total. The minimum Gasteiger partial charge on any atom is -0.395 e. The van der Waals surface area contributed by atoms with Crippen molar-refractivity contribution in [2.75, 3.05) is 5.32 Å². The summed E-state index contributed by atoms with van der Waals surface area (Å²) in [5.74, 6) is 0.414. The van der Waals surface area contributed by atoms with Gasteiger partial charge in [-0.15, -0.1) is 8.78 Å². The van der Waals surface area contributed by atoms with Crippen LogP contribution in [0.1, 0.15) is 5.56 Å². The van der Waals surface area contributed by atoms with Crippen LogP contribution in [-0.4, -0.2) is 11.3 Å². The highest BCUT2D eigenvalue weighted by Crippen LogP contribution is 2.42. The number of nitrogens with one attached hydrogen (secondary N) is 1. The quantitative estimate of drug-likeness (QED) is 0.912. The first-order valence-corrected chi connectivity index (χ1v) is 5.59. The Bertz CT molecular complexity index is 696. The number of ether oxygens (including phenoxy) is 2. The number of halogens is 2. The highest BCUT2D eigenvalue weighted by Gasteiger charge is 2.43. The van der Waals surface area contributed by atoms with Crippen molar-refractivity contribution in [3.05, 3.63) is 42.1 Å². The summed E-state index contributed by atoms with van der Waals surface area (Å²) in [5.41, 5.74) is 0.947. The fraction of sp³-hybridized carbons (Fsp3) is 0.0769. The molecule has 0 saturated carbocycles. The molecule has 1 aliphatic rings. The van der Waals surface area contributed by atoms with Crippen molar-refractivity contribution in [1.82, 2.24) is 4.98 Å². The molecule has 5 nitrogen and oxygen atoms in total. The molecule has 7 heteroatoms. The topological polar surface area (TPSA) is 67.2 Å². The molecule has 0 aliphatic carbocycles. The van der Waals surface area contributed by atoms with E-state index in [1.165, 1.54) is 18.3 Å². The molecule has 0 fully saturated rings. The van der Waals surface area contributed by atoms with Crippen molar-refractivity contribution in [2.45, 2.75) is 6.29 Å². The number of pyridine rings is 1. The average Bonchev–Trinajstić information content (AvgIpc) is 2.73. The third-order valence-corrected chi connectivity index (χ3v) is 2.57. The molecule has 1 aromatic heterocycles. The van der Waals surface area contributed by atoms with Crippen LogP contribution in [0, 0.1) is 11.3 Å². The van der Waals surface area contributed by atoms with Crippen molar-refractivity contribution in [3.63, 3.8) is 0 Å². The van der Waals surface area contributed by atoms with Crippen LogP contribution in [0.3, 0.4) is 0 Å². The van der Waals surface area contributed by atoms with Crippen molar-refractivity contribution in [3.8, 4) is 17.6 Å². The van der Waals surface area contributed by atoms with Gasteiger partial charge < -0.3 is 14.8 Å². The summed E-state index contributed by atoms with van der Waals surface area (Å²) in [6.07, 6.45) is -2.23. The van der Waals surface area contributed by atoms with E-state index in [1.54, 1.807) is 18.2 Å². The molecular weight excluding hydrogens is 268 g/mol. The summed E-state index contributed by atoms with van der Waals surface area (Å²) in [5, 5.41) is 11.6. The van der Waals surface area contributed by atoms with Crippen LogP contribution in [0.2, 0.25) is 0 Å². The first-order chi connectivity index (χ1) is 9.55. The van der Waals surface area contributed by atoms with Crippen molar-refractivity contribution < 1.29 is 18.3 Å². The van der Waals surface area contributed by atoms with Gasteiger partial charge in [-0.2, -0.15) is 5.26 Å². The highest BCUT2D eigenvalue weighted by atomic mass is 19.3. The monoisotopic (exact) mass is 275 g/mol.